The topological polar surface area (TPSA) is 54.4 Å². The Balaban J connectivity index is 2.24. The number of aryl methyl sites for hydroxylation is 1. The quantitative estimate of drug-likeness (QED) is 0.218. The van der Waals surface area contributed by atoms with Crippen molar-refractivity contribution in [2.45, 2.75) is 89.7 Å². The van der Waals surface area contributed by atoms with Gasteiger partial charge in [-0.05, 0) is 38.2 Å². The number of quaternary nitrogens is 1. The van der Waals surface area contributed by atoms with Gasteiger partial charge in [0.15, 0.2) is 0 Å². The maximum Gasteiger partial charge on any atom is 0.267 e. The molecule has 0 amide bonds. The number of rotatable bonds is 15. The third-order valence-electron chi connectivity index (χ3n) is 5.78. The number of hydrogen-bond acceptors (Lipinski definition) is 2. The van der Waals surface area contributed by atoms with Crippen molar-refractivity contribution in [3.63, 3.8) is 0 Å². The van der Waals surface area contributed by atoms with Gasteiger partial charge >= 0.3 is 0 Å². The van der Waals surface area contributed by atoms with Crippen molar-refractivity contribution in [2.24, 2.45) is 0 Å². The maximum atomic E-state index is 11.2. The second-order valence-electron chi connectivity index (χ2n) is 8.60. The standard InChI is InChI=1S/C23H41NO3S/c1-5-20-24(3,4)23-19-15-14-17-21(23)16-12-10-8-7-9-11-13-18-22(6-2)28(25,26)27/h14-15,17,19,22H,5-13,16,18,20H2,1-4H3/p+1. The molecule has 0 aliphatic heterocycles. The Morgan fingerprint density at radius 1 is 0.929 bits per heavy atom. The molecule has 0 spiro atoms. The minimum atomic E-state index is -3.87. The minimum Gasteiger partial charge on any atom is -0.296 e. The van der Waals surface area contributed by atoms with Crippen LogP contribution in [0.3, 0.4) is 0 Å². The maximum absolute atomic E-state index is 11.2. The van der Waals surface area contributed by atoms with E-state index < -0.39 is 15.4 Å². The summed E-state index contributed by atoms with van der Waals surface area (Å²) >= 11 is 0. The van der Waals surface area contributed by atoms with Crippen LogP contribution < -0.4 is 4.48 Å². The molecule has 0 saturated carbocycles. The van der Waals surface area contributed by atoms with Crippen LogP contribution in [0.2, 0.25) is 0 Å². The van der Waals surface area contributed by atoms with Gasteiger partial charge in [0.05, 0.1) is 25.9 Å². The Bertz CT molecular complexity index is 656. The molecule has 0 fully saturated rings. The zero-order valence-electron chi connectivity index (χ0n) is 18.5. The molecule has 0 aromatic heterocycles. The smallest absolute Gasteiger partial charge is 0.267 e. The molecule has 28 heavy (non-hydrogen) atoms. The average molecular weight is 413 g/mol. The largest absolute Gasteiger partial charge is 0.296 e. The normalized spacial score (nSPS) is 13.6. The fourth-order valence-electron chi connectivity index (χ4n) is 4.13. The molecule has 1 rings (SSSR count). The summed E-state index contributed by atoms with van der Waals surface area (Å²) in [6.45, 7) is 5.22. The van der Waals surface area contributed by atoms with E-state index in [9.17, 15) is 8.42 Å². The molecule has 1 N–H and O–H groups in total. The van der Waals surface area contributed by atoms with Crippen LogP contribution in [0.25, 0.3) is 0 Å². The molecule has 0 saturated heterocycles. The van der Waals surface area contributed by atoms with Gasteiger partial charge in [-0.25, -0.2) is 0 Å². The van der Waals surface area contributed by atoms with E-state index in [-0.39, 0.29) is 0 Å². The molecular weight excluding hydrogens is 370 g/mol. The van der Waals surface area contributed by atoms with Gasteiger partial charge in [0, 0.05) is 5.56 Å². The van der Waals surface area contributed by atoms with Crippen LogP contribution in [0.15, 0.2) is 24.3 Å². The lowest BCUT2D eigenvalue weighted by Crippen LogP contribution is -2.41. The Kier molecular flexibility index (Phi) is 11.3. The van der Waals surface area contributed by atoms with Crippen molar-refractivity contribution in [1.29, 1.82) is 0 Å². The predicted molar refractivity (Wildman–Crippen MR) is 122 cm³/mol. The van der Waals surface area contributed by atoms with Crippen molar-refractivity contribution in [1.82, 2.24) is 4.48 Å². The van der Waals surface area contributed by atoms with Gasteiger partial charge in [0.25, 0.3) is 10.1 Å². The van der Waals surface area contributed by atoms with Gasteiger partial charge in [-0.3, -0.25) is 9.04 Å². The minimum absolute atomic E-state index is 0.494. The summed E-state index contributed by atoms with van der Waals surface area (Å²) in [5.41, 5.74) is 2.94. The van der Waals surface area contributed by atoms with Crippen LogP contribution in [-0.4, -0.2) is 38.9 Å². The summed E-state index contributed by atoms with van der Waals surface area (Å²) in [5.74, 6) is 0. The van der Waals surface area contributed by atoms with Crippen molar-refractivity contribution < 1.29 is 13.0 Å². The molecule has 0 aliphatic rings. The summed E-state index contributed by atoms with van der Waals surface area (Å²) < 4.78 is 32.5. The third kappa shape index (κ3) is 9.06. The fourth-order valence-corrected chi connectivity index (χ4v) is 5.01. The number of unbranched alkanes of at least 4 members (excludes halogenated alkanes) is 6. The molecule has 1 aromatic rings. The van der Waals surface area contributed by atoms with Gasteiger partial charge in [0.1, 0.15) is 5.69 Å². The van der Waals surface area contributed by atoms with E-state index in [4.69, 9.17) is 4.55 Å². The highest BCUT2D eigenvalue weighted by Crippen LogP contribution is 2.26. The van der Waals surface area contributed by atoms with E-state index >= 15 is 0 Å². The number of para-hydroxylation sites is 1. The van der Waals surface area contributed by atoms with E-state index in [1.54, 1.807) is 0 Å². The van der Waals surface area contributed by atoms with Crippen LogP contribution in [-0.2, 0) is 16.5 Å². The first kappa shape index (κ1) is 25.1. The molecule has 1 aromatic carbocycles. The van der Waals surface area contributed by atoms with Crippen LogP contribution in [0.4, 0.5) is 5.69 Å². The molecule has 1 unspecified atom stereocenters. The Morgan fingerprint density at radius 3 is 2.07 bits per heavy atom. The van der Waals surface area contributed by atoms with E-state index in [1.165, 1.54) is 43.4 Å². The first-order valence-electron chi connectivity index (χ1n) is 11.1. The summed E-state index contributed by atoms with van der Waals surface area (Å²) in [6.07, 6.45) is 11.4. The zero-order valence-corrected chi connectivity index (χ0v) is 19.3. The van der Waals surface area contributed by atoms with E-state index in [0.29, 0.717) is 12.8 Å². The fraction of sp³-hybridized carbons (Fsp3) is 0.739. The van der Waals surface area contributed by atoms with E-state index in [2.05, 4.69) is 45.3 Å². The van der Waals surface area contributed by atoms with Gasteiger partial charge in [-0.15, -0.1) is 0 Å². The Morgan fingerprint density at radius 2 is 1.50 bits per heavy atom. The van der Waals surface area contributed by atoms with Gasteiger partial charge < -0.3 is 0 Å². The summed E-state index contributed by atoms with van der Waals surface area (Å²) in [4.78, 5) is 0. The molecule has 0 heterocycles. The lowest BCUT2D eigenvalue weighted by atomic mass is 10.0. The number of hydrogen-bond donors (Lipinski definition) is 1. The first-order valence-corrected chi connectivity index (χ1v) is 12.6. The van der Waals surface area contributed by atoms with Crippen molar-refractivity contribution in [2.75, 3.05) is 20.6 Å². The van der Waals surface area contributed by atoms with E-state index in [1.807, 2.05) is 6.92 Å². The lowest BCUT2D eigenvalue weighted by Gasteiger charge is -2.30. The lowest BCUT2D eigenvalue weighted by molar-refractivity contribution is 0.394. The predicted octanol–water partition coefficient (Wildman–Crippen LogP) is 5.99. The zero-order chi connectivity index (χ0) is 21.0. The summed E-state index contributed by atoms with van der Waals surface area (Å²) in [5, 5.41) is -0.581. The molecule has 5 heteroatoms. The molecule has 162 valence electrons. The molecule has 4 nitrogen and oxygen atoms in total. The third-order valence-corrected chi connectivity index (χ3v) is 7.19. The van der Waals surface area contributed by atoms with Gasteiger partial charge in [0.2, 0.25) is 0 Å². The van der Waals surface area contributed by atoms with Crippen molar-refractivity contribution >= 4 is 15.8 Å². The van der Waals surface area contributed by atoms with Crippen LogP contribution in [0, 0.1) is 0 Å². The second kappa shape index (κ2) is 12.6. The highest BCUT2D eigenvalue weighted by Gasteiger charge is 2.21. The molecule has 0 bridgehead atoms. The SMILES string of the molecule is CCC[N+](C)(C)c1ccccc1CCCCCCCCCC(CC)S(=O)(=O)O. The molecule has 0 aliphatic carbocycles. The second-order valence-corrected chi connectivity index (χ2v) is 10.3. The molecule has 1 atom stereocenters. The van der Waals surface area contributed by atoms with E-state index in [0.717, 1.165) is 36.7 Å². The number of benzene rings is 1. The first-order chi connectivity index (χ1) is 13.2. The molecule has 0 radical (unpaired) electrons. The van der Waals surface area contributed by atoms with Gasteiger partial charge in [-0.1, -0.05) is 70.6 Å². The highest BCUT2D eigenvalue weighted by molar-refractivity contribution is 7.86. The van der Waals surface area contributed by atoms with Crippen molar-refractivity contribution in [3.05, 3.63) is 29.8 Å². The average Bonchev–Trinajstić information content (AvgIpc) is 2.62. The Labute approximate surface area is 173 Å². The number of nitrogens with zero attached hydrogens (tertiary/aromatic N) is 1. The van der Waals surface area contributed by atoms with Crippen molar-refractivity contribution in [3.8, 4) is 0 Å². The highest BCUT2D eigenvalue weighted by atomic mass is 32.2. The van der Waals surface area contributed by atoms with Gasteiger partial charge in [-0.2, -0.15) is 8.42 Å². The van der Waals surface area contributed by atoms with Crippen LogP contribution in [0.5, 0.6) is 0 Å². The van der Waals surface area contributed by atoms with Crippen LogP contribution >= 0.6 is 0 Å². The Hall–Kier alpha value is -0.910. The van der Waals surface area contributed by atoms with Crippen LogP contribution in [0.1, 0.15) is 83.6 Å². The molecular formula is C23H42NO3S+. The summed E-state index contributed by atoms with van der Waals surface area (Å²) in [6, 6.07) is 8.87. The summed E-state index contributed by atoms with van der Waals surface area (Å²) in [7, 11) is 0.733. The monoisotopic (exact) mass is 412 g/mol.